The van der Waals surface area contributed by atoms with Crippen LogP contribution in [0.15, 0.2) is 18.2 Å². The molecule has 1 aromatic heterocycles. The van der Waals surface area contributed by atoms with Crippen molar-refractivity contribution in [2.75, 3.05) is 39.3 Å². The van der Waals surface area contributed by atoms with E-state index in [1.54, 1.807) is 0 Å². The third-order valence-electron chi connectivity index (χ3n) is 4.35. The monoisotopic (exact) mass is 306 g/mol. The number of aliphatic hydroxyl groups excluding tert-OH is 1. The molecule has 1 aliphatic rings. The molecule has 0 aliphatic carbocycles. The SMILES string of the molecule is CCn1c(CN2CCN(CCO)CC2)nc2cc(F)ccc21. The number of imidazole rings is 1. The van der Waals surface area contributed by atoms with Gasteiger partial charge in [-0.25, -0.2) is 9.37 Å². The molecule has 0 saturated carbocycles. The van der Waals surface area contributed by atoms with Crippen LogP contribution in [0.25, 0.3) is 11.0 Å². The molecule has 0 atom stereocenters. The zero-order valence-electron chi connectivity index (χ0n) is 13.0. The highest BCUT2D eigenvalue weighted by atomic mass is 19.1. The minimum absolute atomic E-state index is 0.219. The predicted molar refractivity (Wildman–Crippen MR) is 84.2 cm³/mol. The van der Waals surface area contributed by atoms with E-state index in [0.717, 1.165) is 62.7 Å². The van der Waals surface area contributed by atoms with Gasteiger partial charge in [-0.1, -0.05) is 0 Å². The summed E-state index contributed by atoms with van der Waals surface area (Å²) in [5.41, 5.74) is 1.73. The summed E-state index contributed by atoms with van der Waals surface area (Å²) in [4.78, 5) is 9.27. The van der Waals surface area contributed by atoms with E-state index < -0.39 is 0 Å². The van der Waals surface area contributed by atoms with Crippen molar-refractivity contribution in [1.82, 2.24) is 19.4 Å². The molecule has 2 heterocycles. The standard InChI is InChI=1S/C16H23FN4O/c1-2-21-15-4-3-13(17)11-14(15)18-16(21)12-20-7-5-19(6-8-20)9-10-22/h3-4,11,22H,2,5-10,12H2,1H3. The van der Waals surface area contributed by atoms with Gasteiger partial charge in [0.15, 0.2) is 0 Å². The number of halogens is 1. The fourth-order valence-corrected chi connectivity index (χ4v) is 3.14. The lowest BCUT2D eigenvalue weighted by molar-refractivity contribution is 0.106. The van der Waals surface area contributed by atoms with Crippen molar-refractivity contribution in [3.63, 3.8) is 0 Å². The Hall–Kier alpha value is -1.50. The first-order valence-corrected chi connectivity index (χ1v) is 7.91. The molecule has 1 N–H and O–H groups in total. The number of aliphatic hydroxyl groups is 1. The van der Waals surface area contributed by atoms with Gasteiger partial charge in [0.2, 0.25) is 0 Å². The summed E-state index contributed by atoms with van der Waals surface area (Å²) in [5, 5.41) is 8.99. The Morgan fingerprint density at radius 1 is 1.18 bits per heavy atom. The molecular formula is C16H23FN4O. The molecule has 0 bridgehead atoms. The van der Waals surface area contributed by atoms with Crippen molar-refractivity contribution >= 4 is 11.0 Å². The summed E-state index contributed by atoms with van der Waals surface area (Å²) < 4.78 is 15.5. The number of β-amino-alcohol motifs (C(OH)–C–C–N with tert-alkyl or cyclic N) is 1. The highest BCUT2D eigenvalue weighted by Crippen LogP contribution is 2.19. The minimum Gasteiger partial charge on any atom is -0.395 e. The van der Waals surface area contributed by atoms with Gasteiger partial charge in [-0.3, -0.25) is 9.80 Å². The molecular weight excluding hydrogens is 283 g/mol. The first kappa shape index (κ1) is 15.4. The third kappa shape index (κ3) is 3.14. The number of nitrogens with zero attached hydrogens (tertiary/aromatic N) is 4. The zero-order chi connectivity index (χ0) is 15.5. The van der Waals surface area contributed by atoms with E-state index >= 15 is 0 Å². The van der Waals surface area contributed by atoms with E-state index in [2.05, 4.69) is 26.3 Å². The van der Waals surface area contributed by atoms with Crippen LogP contribution in [0.5, 0.6) is 0 Å². The first-order chi connectivity index (χ1) is 10.7. The maximum absolute atomic E-state index is 13.4. The maximum atomic E-state index is 13.4. The molecule has 0 radical (unpaired) electrons. The number of aryl methyl sites for hydroxylation is 1. The minimum atomic E-state index is -0.238. The topological polar surface area (TPSA) is 44.5 Å². The van der Waals surface area contributed by atoms with Crippen LogP contribution in [0, 0.1) is 5.82 Å². The van der Waals surface area contributed by atoms with Gasteiger partial charge in [0, 0.05) is 45.3 Å². The average Bonchev–Trinajstić information content (AvgIpc) is 2.85. The van der Waals surface area contributed by atoms with Gasteiger partial charge < -0.3 is 9.67 Å². The average molecular weight is 306 g/mol. The number of hydrogen-bond donors (Lipinski definition) is 1. The van der Waals surface area contributed by atoms with Crippen LogP contribution in [0.3, 0.4) is 0 Å². The number of rotatable bonds is 5. The molecule has 0 amide bonds. The van der Waals surface area contributed by atoms with Crippen LogP contribution in [-0.4, -0.2) is 63.8 Å². The second kappa shape index (κ2) is 6.73. The summed E-state index contributed by atoms with van der Waals surface area (Å²) >= 11 is 0. The van der Waals surface area contributed by atoms with Gasteiger partial charge in [-0.05, 0) is 19.1 Å². The van der Waals surface area contributed by atoms with Crippen LogP contribution in [0.2, 0.25) is 0 Å². The highest BCUT2D eigenvalue weighted by molar-refractivity contribution is 5.76. The molecule has 5 nitrogen and oxygen atoms in total. The Bertz CT molecular complexity index is 634. The Labute approximate surface area is 130 Å². The fourth-order valence-electron chi connectivity index (χ4n) is 3.14. The summed E-state index contributed by atoms with van der Waals surface area (Å²) in [6.45, 7) is 8.58. The summed E-state index contributed by atoms with van der Waals surface area (Å²) in [7, 11) is 0. The van der Waals surface area contributed by atoms with Crippen molar-refractivity contribution in [2.24, 2.45) is 0 Å². The number of aromatic nitrogens is 2. The van der Waals surface area contributed by atoms with E-state index in [-0.39, 0.29) is 12.4 Å². The summed E-state index contributed by atoms with van der Waals surface area (Å²) in [6.07, 6.45) is 0. The van der Waals surface area contributed by atoms with Crippen molar-refractivity contribution < 1.29 is 9.50 Å². The molecule has 1 fully saturated rings. The predicted octanol–water partition coefficient (Wildman–Crippen LogP) is 1.31. The van der Waals surface area contributed by atoms with Gasteiger partial charge in [0.25, 0.3) is 0 Å². The number of hydrogen-bond acceptors (Lipinski definition) is 4. The van der Waals surface area contributed by atoms with Crippen molar-refractivity contribution in [2.45, 2.75) is 20.0 Å². The van der Waals surface area contributed by atoms with Crippen molar-refractivity contribution in [1.29, 1.82) is 0 Å². The van der Waals surface area contributed by atoms with E-state index in [1.807, 2.05) is 6.07 Å². The molecule has 22 heavy (non-hydrogen) atoms. The molecule has 0 unspecified atom stereocenters. The maximum Gasteiger partial charge on any atom is 0.125 e. The lowest BCUT2D eigenvalue weighted by atomic mass is 10.3. The molecule has 0 spiro atoms. The van der Waals surface area contributed by atoms with Gasteiger partial charge in [-0.2, -0.15) is 0 Å². The largest absolute Gasteiger partial charge is 0.395 e. The van der Waals surface area contributed by atoms with Crippen LogP contribution in [-0.2, 0) is 13.1 Å². The van der Waals surface area contributed by atoms with Crippen LogP contribution < -0.4 is 0 Å². The molecule has 1 aromatic carbocycles. The fraction of sp³-hybridized carbons (Fsp3) is 0.562. The van der Waals surface area contributed by atoms with Gasteiger partial charge in [0.05, 0.1) is 24.2 Å². The lowest BCUT2D eigenvalue weighted by Crippen LogP contribution is -2.46. The Kier molecular flexibility index (Phi) is 4.71. The summed E-state index contributed by atoms with van der Waals surface area (Å²) in [5.74, 6) is 0.760. The Balaban J connectivity index is 1.74. The smallest absolute Gasteiger partial charge is 0.125 e. The van der Waals surface area contributed by atoms with Gasteiger partial charge in [0.1, 0.15) is 11.6 Å². The van der Waals surface area contributed by atoms with E-state index in [9.17, 15) is 4.39 Å². The second-order valence-electron chi connectivity index (χ2n) is 5.75. The molecule has 2 aromatic rings. The van der Waals surface area contributed by atoms with Crippen LogP contribution in [0.4, 0.5) is 4.39 Å². The van der Waals surface area contributed by atoms with E-state index in [4.69, 9.17) is 5.11 Å². The molecule has 120 valence electrons. The lowest BCUT2D eigenvalue weighted by Gasteiger charge is -2.34. The van der Waals surface area contributed by atoms with Gasteiger partial charge in [-0.15, -0.1) is 0 Å². The normalized spacial score (nSPS) is 17.4. The molecule has 6 heteroatoms. The van der Waals surface area contributed by atoms with E-state index in [1.165, 1.54) is 12.1 Å². The molecule has 1 aliphatic heterocycles. The number of fused-ring (bicyclic) bond motifs is 1. The number of piperazine rings is 1. The zero-order valence-corrected chi connectivity index (χ0v) is 13.0. The first-order valence-electron chi connectivity index (χ1n) is 7.91. The van der Waals surface area contributed by atoms with Crippen LogP contribution >= 0.6 is 0 Å². The van der Waals surface area contributed by atoms with Crippen molar-refractivity contribution in [3.8, 4) is 0 Å². The summed E-state index contributed by atoms with van der Waals surface area (Å²) in [6, 6.07) is 4.81. The number of benzene rings is 1. The third-order valence-corrected chi connectivity index (χ3v) is 4.35. The molecule has 1 saturated heterocycles. The van der Waals surface area contributed by atoms with E-state index in [0.29, 0.717) is 0 Å². The second-order valence-corrected chi connectivity index (χ2v) is 5.75. The van der Waals surface area contributed by atoms with Crippen LogP contribution in [0.1, 0.15) is 12.7 Å². The van der Waals surface area contributed by atoms with Crippen molar-refractivity contribution in [3.05, 3.63) is 29.8 Å². The van der Waals surface area contributed by atoms with Gasteiger partial charge >= 0.3 is 0 Å². The Morgan fingerprint density at radius 3 is 2.59 bits per heavy atom. The molecule has 3 rings (SSSR count). The quantitative estimate of drug-likeness (QED) is 0.904. The highest BCUT2D eigenvalue weighted by Gasteiger charge is 2.19. The Morgan fingerprint density at radius 2 is 1.91 bits per heavy atom.